The first kappa shape index (κ1) is 20.7. The Kier molecular flexibility index (Phi) is 6.27. The summed E-state index contributed by atoms with van der Waals surface area (Å²) in [6.07, 6.45) is 0. The van der Waals surface area contributed by atoms with Crippen LogP contribution in [0.1, 0.15) is 0 Å². The van der Waals surface area contributed by atoms with Crippen LogP contribution in [-0.2, 0) is 4.79 Å². The minimum Gasteiger partial charge on any atom is -0.368 e. The van der Waals surface area contributed by atoms with E-state index in [1.807, 2.05) is 36.4 Å². The van der Waals surface area contributed by atoms with Crippen LogP contribution in [0, 0.1) is 0 Å². The van der Waals surface area contributed by atoms with Gasteiger partial charge in [-0.15, -0.1) is 11.6 Å². The molecular formula is C22H22Cl2N4O2. The van der Waals surface area contributed by atoms with Gasteiger partial charge in [0.1, 0.15) is 11.6 Å². The van der Waals surface area contributed by atoms with Gasteiger partial charge in [-0.1, -0.05) is 35.0 Å². The van der Waals surface area contributed by atoms with Crippen molar-refractivity contribution in [2.45, 2.75) is 0 Å². The number of benzene rings is 2. The van der Waals surface area contributed by atoms with Gasteiger partial charge in [0, 0.05) is 54.7 Å². The summed E-state index contributed by atoms with van der Waals surface area (Å²) in [5, 5.41) is 7.67. The first-order valence-electron chi connectivity index (χ1n) is 9.70. The number of nitrogens with zero attached hydrogens (tertiary/aromatic N) is 3. The number of alkyl halides is 1. The minimum absolute atomic E-state index is 0.0990. The minimum atomic E-state index is -0.264. The summed E-state index contributed by atoms with van der Waals surface area (Å²) in [6.45, 7) is 3.85. The Morgan fingerprint density at radius 1 is 1.13 bits per heavy atom. The second kappa shape index (κ2) is 9.08. The van der Waals surface area contributed by atoms with E-state index in [1.54, 1.807) is 6.07 Å². The van der Waals surface area contributed by atoms with Gasteiger partial charge in [0.05, 0.1) is 5.02 Å². The molecular weight excluding hydrogens is 423 g/mol. The summed E-state index contributed by atoms with van der Waals surface area (Å²) >= 11 is 12.2. The molecule has 1 N–H and O–H groups in total. The Morgan fingerprint density at radius 3 is 2.67 bits per heavy atom. The van der Waals surface area contributed by atoms with Gasteiger partial charge in [-0.25, -0.2) is 0 Å². The molecule has 1 aliphatic heterocycles. The number of anilines is 2. The van der Waals surface area contributed by atoms with Crippen LogP contribution in [0.2, 0.25) is 5.02 Å². The van der Waals surface area contributed by atoms with Crippen molar-refractivity contribution in [2.75, 3.05) is 49.3 Å². The van der Waals surface area contributed by atoms with Crippen LogP contribution in [0.4, 0.5) is 11.4 Å². The van der Waals surface area contributed by atoms with Gasteiger partial charge >= 0.3 is 0 Å². The molecule has 4 rings (SSSR count). The third-order valence-electron chi connectivity index (χ3n) is 5.15. The molecule has 1 amide bonds. The van der Waals surface area contributed by atoms with Gasteiger partial charge < -0.3 is 19.6 Å². The number of amides is 1. The van der Waals surface area contributed by atoms with E-state index in [0.29, 0.717) is 22.2 Å². The fourth-order valence-corrected chi connectivity index (χ4v) is 3.88. The van der Waals surface area contributed by atoms with E-state index in [-0.39, 0.29) is 11.8 Å². The van der Waals surface area contributed by atoms with E-state index in [2.05, 4.69) is 33.4 Å². The first-order valence-corrected chi connectivity index (χ1v) is 10.6. The molecule has 6 nitrogen and oxygen atoms in total. The number of hydrogen-bond donors (Lipinski definition) is 1. The van der Waals surface area contributed by atoms with Crippen LogP contribution in [0.25, 0.3) is 22.6 Å². The monoisotopic (exact) mass is 444 g/mol. The fourth-order valence-electron chi connectivity index (χ4n) is 3.55. The van der Waals surface area contributed by atoms with Gasteiger partial charge in [-0.2, -0.15) is 0 Å². The average molecular weight is 445 g/mol. The van der Waals surface area contributed by atoms with Gasteiger partial charge in [0.25, 0.3) is 0 Å². The summed E-state index contributed by atoms with van der Waals surface area (Å²) in [7, 11) is 2.13. The predicted molar refractivity (Wildman–Crippen MR) is 121 cm³/mol. The highest BCUT2D eigenvalue weighted by atomic mass is 35.5. The zero-order valence-corrected chi connectivity index (χ0v) is 18.1. The van der Waals surface area contributed by atoms with Crippen LogP contribution in [0.3, 0.4) is 0 Å². The van der Waals surface area contributed by atoms with Crippen LogP contribution in [0.5, 0.6) is 0 Å². The number of halogens is 2. The third kappa shape index (κ3) is 4.46. The second-order valence-corrected chi connectivity index (χ2v) is 7.94. The number of piperazine rings is 1. The molecule has 1 aliphatic rings. The quantitative estimate of drug-likeness (QED) is 0.582. The van der Waals surface area contributed by atoms with E-state index in [9.17, 15) is 4.79 Å². The third-order valence-corrected chi connectivity index (χ3v) is 5.71. The number of hydrogen-bond acceptors (Lipinski definition) is 5. The first-order chi connectivity index (χ1) is 14.5. The molecule has 2 heterocycles. The van der Waals surface area contributed by atoms with E-state index in [1.165, 1.54) is 0 Å². The van der Waals surface area contributed by atoms with Crippen LogP contribution in [0.15, 0.2) is 53.1 Å². The van der Waals surface area contributed by atoms with E-state index < -0.39 is 0 Å². The topological polar surface area (TPSA) is 61.6 Å². The normalized spacial score (nSPS) is 14.7. The van der Waals surface area contributed by atoms with Gasteiger partial charge in [-0.3, -0.25) is 4.79 Å². The molecule has 0 bridgehead atoms. The lowest BCUT2D eigenvalue weighted by Gasteiger charge is -2.35. The lowest BCUT2D eigenvalue weighted by Crippen LogP contribution is -2.44. The number of rotatable bonds is 5. The molecule has 0 radical (unpaired) electrons. The molecule has 1 aromatic heterocycles. The summed E-state index contributed by atoms with van der Waals surface area (Å²) in [5.74, 6) is 0.231. The standard InChI is InChI=1S/C22H22Cl2N4O2/c1-27-8-10-28(11-9-27)19-7-3-6-17(24)22(19)18-13-20(30-26-18)15-4-2-5-16(12-15)25-21(29)14-23/h2-7,12-13H,8-11,14H2,1H3,(H,25,29). The Hall–Kier alpha value is -2.54. The smallest absolute Gasteiger partial charge is 0.239 e. The summed E-state index contributed by atoms with van der Waals surface area (Å²) in [5.41, 5.74) is 4.05. The highest BCUT2D eigenvalue weighted by Gasteiger charge is 2.21. The van der Waals surface area contributed by atoms with Crippen molar-refractivity contribution in [3.8, 4) is 22.6 Å². The maximum Gasteiger partial charge on any atom is 0.239 e. The predicted octanol–water partition coefficient (Wildman–Crippen LogP) is 4.59. The molecule has 2 aromatic carbocycles. The average Bonchev–Trinajstić information content (AvgIpc) is 3.24. The van der Waals surface area contributed by atoms with Crippen molar-refractivity contribution in [1.29, 1.82) is 0 Å². The molecule has 156 valence electrons. The summed E-state index contributed by atoms with van der Waals surface area (Å²) < 4.78 is 5.63. The SMILES string of the molecule is CN1CCN(c2cccc(Cl)c2-c2cc(-c3cccc(NC(=O)CCl)c3)on2)CC1. The Morgan fingerprint density at radius 2 is 1.90 bits per heavy atom. The molecule has 1 saturated heterocycles. The van der Waals surface area contributed by atoms with Gasteiger partial charge in [0.2, 0.25) is 5.91 Å². The highest BCUT2D eigenvalue weighted by Crippen LogP contribution is 2.38. The van der Waals surface area contributed by atoms with E-state index in [0.717, 1.165) is 43.0 Å². The summed E-state index contributed by atoms with van der Waals surface area (Å²) in [4.78, 5) is 16.2. The van der Waals surface area contributed by atoms with Crippen LogP contribution < -0.4 is 10.2 Å². The molecule has 0 spiro atoms. The Balaban J connectivity index is 1.65. The van der Waals surface area contributed by atoms with Crippen molar-refractivity contribution < 1.29 is 9.32 Å². The largest absolute Gasteiger partial charge is 0.368 e. The Labute approximate surface area is 185 Å². The van der Waals surface area contributed by atoms with Crippen molar-refractivity contribution in [3.63, 3.8) is 0 Å². The molecule has 8 heteroatoms. The summed E-state index contributed by atoms with van der Waals surface area (Å²) in [6, 6.07) is 15.1. The van der Waals surface area contributed by atoms with Crippen molar-refractivity contribution >= 4 is 40.5 Å². The number of carbonyl (C=O) groups excluding carboxylic acids is 1. The van der Waals surface area contributed by atoms with Crippen LogP contribution >= 0.6 is 23.2 Å². The van der Waals surface area contributed by atoms with Crippen molar-refractivity contribution in [1.82, 2.24) is 10.1 Å². The fraction of sp³-hybridized carbons (Fsp3) is 0.273. The lowest BCUT2D eigenvalue weighted by molar-refractivity contribution is -0.113. The Bertz CT molecular complexity index is 1050. The maximum atomic E-state index is 11.6. The molecule has 1 fully saturated rings. The molecule has 0 atom stereocenters. The number of likely N-dealkylation sites (N-methyl/N-ethyl adjacent to an activating group) is 1. The zero-order chi connectivity index (χ0) is 21.1. The van der Waals surface area contributed by atoms with Crippen LogP contribution in [-0.4, -0.2) is 55.1 Å². The van der Waals surface area contributed by atoms with Crippen molar-refractivity contribution in [2.24, 2.45) is 0 Å². The molecule has 3 aromatic rings. The van der Waals surface area contributed by atoms with Crippen molar-refractivity contribution in [3.05, 3.63) is 53.6 Å². The highest BCUT2D eigenvalue weighted by molar-refractivity contribution is 6.34. The number of nitrogens with one attached hydrogen (secondary N) is 1. The van der Waals surface area contributed by atoms with E-state index >= 15 is 0 Å². The molecule has 30 heavy (non-hydrogen) atoms. The number of carbonyl (C=O) groups is 1. The molecule has 0 saturated carbocycles. The zero-order valence-electron chi connectivity index (χ0n) is 16.6. The number of aromatic nitrogens is 1. The van der Waals surface area contributed by atoms with E-state index in [4.69, 9.17) is 27.7 Å². The second-order valence-electron chi connectivity index (χ2n) is 7.26. The van der Waals surface area contributed by atoms with Gasteiger partial charge in [-0.05, 0) is 31.3 Å². The van der Waals surface area contributed by atoms with Gasteiger partial charge in [0.15, 0.2) is 5.76 Å². The lowest BCUT2D eigenvalue weighted by atomic mass is 10.1. The maximum absolute atomic E-state index is 11.6. The molecule has 0 aliphatic carbocycles. The molecule has 0 unspecified atom stereocenters.